The molecule has 0 atom stereocenters. The molecule has 29 heavy (non-hydrogen) atoms. The normalized spacial score (nSPS) is 12.9. The van der Waals surface area contributed by atoms with Gasteiger partial charge in [-0.05, 0) is 35.1 Å². The number of benzene rings is 1. The van der Waals surface area contributed by atoms with E-state index in [9.17, 15) is 9.90 Å². The molecule has 5 heteroatoms. The van der Waals surface area contributed by atoms with Crippen LogP contribution in [0, 0.1) is 0 Å². The highest BCUT2D eigenvalue weighted by Crippen LogP contribution is 2.41. The van der Waals surface area contributed by atoms with Crippen molar-refractivity contribution in [3.05, 3.63) is 41.2 Å². The number of aromatic hydroxyl groups is 1. The zero-order valence-corrected chi connectivity index (χ0v) is 20.4. The van der Waals surface area contributed by atoms with Crippen LogP contribution in [-0.2, 0) is 10.8 Å². The van der Waals surface area contributed by atoms with Crippen LogP contribution >= 0.6 is 0 Å². The van der Waals surface area contributed by atoms with E-state index < -0.39 is 8.07 Å². The van der Waals surface area contributed by atoms with Gasteiger partial charge < -0.3 is 14.3 Å². The quantitative estimate of drug-likeness (QED) is 0.484. The van der Waals surface area contributed by atoms with Gasteiger partial charge in [0.25, 0.3) is 0 Å². The molecule has 2 rings (SSSR count). The molecule has 1 aromatic heterocycles. The van der Waals surface area contributed by atoms with Gasteiger partial charge in [-0.25, -0.2) is 0 Å². The maximum Gasteiger partial charge on any atom is 0.197 e. The van der Waals surface area contributed by atoms with E-state index in [1.807, 2.05) is 25.1 Å². The van der Waals surface area contributed by atoms with E-state index in [0.717, 1.165) is 22.3 Å². The molecule has 0 aliphatic rings. The number of carbonyl (C=O) groups is 1. The first-order valence-corrected chi connectivity index (χ1v) is 13.5. The van der Waals surface area contributed by atoms with Crippen molar-refractivity contribution in [3.63, 3.8) is 0 Å². The van der Waals surface area contributed by atoms with E-state index in [1.54, 1.807) is 6.07 Å². The van der Waals surface area contributed by atoms with E-state index in [2.05, 4.69) is 54.6 Å². The van der Waals surface area contributed by atoms with Gasteiger partial charge in [-0.15, -0.1) is 0 Å². The first kappa shape index (κ1) is 23.3. The molecule has 0 bridgehead atoms. The lowest BCUT2D eigenvalue weighted by atomic mass is 9.79. The minimum absolute atomic E-state index is 0.0186. The zero-order chi connectivity index (χ0) is 22.2. The monoisotopic (exact) mass is 416 g/mol. The fourth-order valence-electron chi connectivity index (χ4n) is 3.20. The van der Waals surface area contributed by atoms with E-state index in [0.29, 0.717) is 24.2 Å². The van der Waals surface area contributed by atoms with E-state index in [-0.39, 0.29) is 16.6 Å². The molecular weight excluding hydrogens is 380 g/mol. The Labute approximate surface area is 176 Å². The van der Waals surface area contributed by atoms with Crippen LogP contribution in [0.3, 0.4) is 0 Å². The third-order valence-electron chi connectivity index (χ3n) is 5.17. The maximum absolute atomic E-state index is 11.9. The Hall–Kier alpha value is -2.01. The number of hydrogen-bond donors (Lipinski definition) is 1. The Balaban J connectivity index is 2.34. The van der Waals surface area contributed by atoms with Gasteiger partial charge in [-0.1, -0.05) is 61.6 Å². The Morgan fingerprint density at radius 1 is 1.03 bits per heavy atom. The number of hydrogen-bond acceptors (Lipinski definition) is 4. The summed E-state index contributed by atoms with van der Waals surface area (Å²) < 4.78 is 12.1. The average Bonchev–Trinajstić information content (AvgIpc) is 3.09. The summed E-state index contributed by atoms with van der Waals surface area (Å²) in [6, 6.07) is 7.58. The summed E-state index contributed by atoms with van der Waals surface area (Å²) in [6.45, 7) is 18.7. The van der Waals surface area contributed by atoms with Crippen LogP contribution in [0.2, 0.25) is 13.1 Å². The highest BCUT2D eigenvalue weighted by molar-refractivity contribution is 6.88. The molecule has 0 spiro atoms. The number of phenols is 1. The summed E-state index contributed by atoms with van der Waals surface area (Å²) in [5.74, 6) is 1.56. The molecule has 0 amide bonds. The minimum atomic E-state index is -2.04. The third kappa shape index (κ3) is 5.33. The molecule has 0 saturated carbocycles. The Morgan fingerprint density at radius 3 is 2.00 bits per heavy atom. The van der Waals surface area contributed by atoms with Gasteiger partial charge in [0.1, 0.15) is 11.5 Å². The van der Waals surface area contributed by atoms with Gasteiger partial charge >= 0.3 is 0 Å². The van der Waals surface area contributed by atoms with E-state index in [1.165, 1.54) is 0 Å². The maximum atomic E-state index is 11.9. The summed E-state index contributed by atoms with van der Waals surface area (Å²) in [7, 11) is -2.04. The van der Waals surface area contributed by atoms with Crippen molar-refractivity contribution in [1.29, 1.82) is 0 Å². The van der Waals surface area contributed by atoms with Gasteiger partial charge in [-0.2, -0.15) is 0 Å². The average molecular weight is 417 g/mol. The summed E-state index contributed by atoms with van der Waals surface area (Å²) >= 11 is 0. The van der Waals surface area contributed by atoms with Crippen molar-refractivity contribution in [3.8, 4) is 11.5 Å². The molecule has 4 nitrogen and oxygen atoms in total. The predicted octanol–water partition coefficient (Wildman–Crippen LogP) is 5.71. The van der Waals surface area contributed by atoms with Crippen LogP contribution in [0.4, 0.5) is 0 Å². The molecule has 1 aromatic carbocycles. The van der Waals surface area contributed by atoms with Gasteiger partial charge in [0, 0.05) is 17.5 Å². The van der Waals surface area contributed by atoms with Crippen LogP contribution in [0.25, 0.3) is 0 Å². The van der Waals surface area contributed by atoms with Crippen LogP contribution in [0.5, 0.6) is 11.5 Å². The van der Waals surface area contributed by atoms with Crippen LogP contribution < -0.4 is 10.1 Å². The molecule has 2 aromatic rings. The SMILES string of the molecule is CCC(=O)c1ccc([Si](C)(C)COc2cc(C(C)(C)C)c(O)c(C(C)(C)C)c2)o1. The minimum Gasteiger partial charge on any atom is -0.507 e. The molecule has 1 heterocycles. The molecular formula is C24H36O4Si. The topological polar surface area (TPSA) is 59.7 Å². The largest absolute Gasteiger partial charge is 0.507 e. The Bertz CT molecular complexity index is 844. The van der Waals surface area contributed by atoms with Crippen molar-refractivity contribution in [2.75, 3.05) is 6.23 Å². The molecule has 160 valence electrons. The number of furan rings is 1. The molecule has 0 fully saturated rings. The van der Waals surface area contributed by atoms with Gasteiger partial charge in [-0.3, -0.25) is 4.79 Å². The number of phenolic OH excluding ortho intramolecular Hbond substituents is 1. The molecule has 0 radical (unpaired) electrons. The molecule has 0 aliphatic carbocycles. The Morgan fingerprint density at radius 2 is 1.55 bits per heavy atom. The van der Waals surface area contributed by atoms with Crippen molar-refractivity contribution in [2.24, 2.45) is 0 Å². The lowest BCUT2D eigenvalue weighted by molar-refractivity contribution is 0.0963. The second-order valence-corrected chi connectivity index (χ2v) is 15.0. The smallest absolute Gasteiger partial charge is 0.197 e. The Kier molecular flexibility index (Phi) is 6.43. The summed E-state index contributed by atoms with van der Waals surface area (Å²) in [4.78, 5) is 11.9. The summed E-state index contributed by atoms with van der Waals surface area (Å²) in [5, 5.41) is 11.7. The van der Waals surface area contributed by atoms with E-state index >= 15 is 0 Å². The van der Waals surface area contributed by atoms with Gasteiger partial charge in [0.2, 0.25) is 0 Å². The lowest BCUT2D eigenvalue weighted by Crippen LogP contribution is -2.46. The second-order valence-electron chi connectivity index (χ2n) is 10.5. The van der Waals surface area contributed by atoms with Crippen molar-refractivity contribution in [1.82, 2.24) is 0 Å². The number of rotatable bonds is 6. The number of ether oxygens (including phenoxy) is 1. The van der Waals surface area contributed by atoms with Gasteiger partial charge in [0.15, 0.2) is 19.6 Å². The summed E-state index contributed by atoms with van der Waals surface area (Å²) in [6.07, 6.45) is 0.961. The zero-order valence-electron chi connectivity index (χ0n) is 19.4. The van der Waals surface area contributed by atoms with Crippen molar-refractivity contribution < 1.29 is 19.1 Å². The summed E-state index contributed by atoms with van der Waals surface area (Å²) in [5.41, 5.74) is 1.36. The fourth-order valence-corrected chi connectivity index (χ4v) is 4.79. The van der Waals surface area contributed by atoms with Crippen molar-refractivity contribution >= 4 is 19.2 Å². The van der Waals surface area contributed by atoms with Crippen molar-refractivity contribution in [2.45, 2.75) is 78.8 Å². The molecule has 1 N–H and O–H groups in total. The lowest BCUT2D eigenvalue weighted by Gasteiger charge is -2.29. The van der Waals surface area contributed by atoms with Crippen LogP contribution in [-0.4, -0.2) is 25.2 Å². The molecule has 0 saturated heterocycles. The van der Waals surface area contributed by atoms with E-state index in [4.69, 9.17) is 9.15 Å². The number of ketones is 1. The highest BCUT2D eigenvalue weighted by atomic mass is 28.3. The standard InChI is InChI=1S/C24H36O4Si/c1-10-19(25)20-11-12-21(28-20)29(8,9)15-27-16-13-17(23(2,3)4)22(26)18(14-16)24(5,6)7/h11-14,26H,10,15H2,1-9H3. The predicted molar refractivity (Wildman–Crippen MR) is 121 cm³/mol. The number of Topliss-reactive ketones (excluding diaryl/α,β-unsaturated/α-hetero) is 1. The highest BCUT2D eigenvalue weighted by Gasteiger charge is 2.31. The number of carbonyl (C=O) groups excluding carboxylic acids is 1. The first-order chi connectivity index (χ1) is 13.2. The molecule has 0 aliphatic heterocycles. The first-order valence-electron chi connectivity index (χ1n) is 10.3. The van der Waals surface area contributed by atoms with Crippen LogP contribution in [0.1, 0.15) is 76.6 Å². The van der Waals surface area contributed by atoms with Crippen LogP contribution in [0.15, 0.2) is 28.7 Å². The molecule has 0 unspecified atom stereocenters. The second kappa shape index (κ2) is 8.02. The fraction of sp³-hybridized carbons (Fsp3) is 0.542. The third-order valence-corrected chi connectivity index (χ3v) is 7.64. The van der Waals surface area contributed by atoms with Gasteiger partial charge in [0.05, 0.1) is 11.6 Å².